The highest BCUT2D eigenvalue weighted by atomic mass is 16.5. The number of likely N-dealkylation sites (N-methyl/N-ethyl adjacent to an activating group) is 1. The van der Waals surface area contributed by atoms with Gasteiger partial charge in [-0.3, -0.25) is 4.99 Å². The fourth-order valence-corrected chi connectivity index (χ4v) is 4.26. The zero-order valence-electron chi connectivity index (χ0n) is 21.4. The number of aromatic nitrogens is 5. The van der Waals surface area contributed by atoms with Crippen LogP contribution in [0.3, 0.4) is 0 Å². The summed E-state index contributed by atoms with van der Waals surface area (Å²) in [6, 6.07) is 6.47. The Bertz CT molecular complexity index is 1190. The van der Waals surface area contributed by atoms with Gasteiger partial charge in [0.25, 0.3) is 0 Å². The second kappa shape index (κ2) is 11.3. The Kier molecular flexibility index (Phi) is 7.97. The molecule has 1 aliphatic heterocycles. The summed E-state index contributed by atoms with van der Waals surface area (Å²) in [4.78, 5) is 16.1. The first-order valence-electron chi connectivity index (χ1n) is 12.4. The fraction of sp³-hybridized carbons (Fsp3) is 0.462. The Balaban J connectivity index is 1.61. The highest BCUT2D eigenvalue weighted by molar-refractivity contribution is 6.09. The normalized spacial score (nSPS) is 13.7. The molecule has 0 unspecified atom stereocenters. The molecule has 1 aliphatic rings. The molecule has 2 aromatic heterocycles. The molecule has 0 atom stereocenters. The van der Waals surface area contributed by atoms with E-state index in [0.717, 1.165) is 66.0 Å². The maximum absolute atomic E-state index is 6.14. The topological polar surface area (TPSA) is 85.4 Å². The molecule has 9 nitrogen and oxygen atoms in total. The third kappa shape index (κ3) is 5.45. The maximum Gasteiger partial charge on any atom is 0.178 e. The molecule has 0 saturated heterocycles. The lowest BCUT2D eigenvalue weighted by Gasteiger charge is -2.17. The molecule has 4 rings (SSSR count). The first kappa shape index (κ1) is 24.7. The molecule has 0 spiro atoms. The summed E-state index contributed by atoms with van der Waals surface area (Å²) in [6.45, 7) is 13.8. The van der Waals surface area contributed by atoms with E-state index in [1.165, 1.54) is 0 Å². The second-order valence-corrected chi connectivity index (χ2v) is 8.79. The van der Waals surface area contributed by atoms with Crippen LogP contribution in [-0.2, 0) is 6.54 Å². The van der Waals surface area contributed by atoms with Crippen molar-refractivity contribution in [2.75, 3.05) is 39.8 Å². The van der Waals surface area contributed by atoms with E-state index in [1.54, 1.807) is 13.4 Å². The van der Waals surface area contributed by atoms with Crippen LogP contribution in [0.5, 0.6) is 5.75 Å². The van der Waals surface area contributed by atoms with Crippen LogP contribution in [0.4, 0.5) is 0 Å². The van der Waals surface area contributed by atoms with Crippen molar-refractivity contribution in [3.05, 3.63) is 42.5 Å². The van der Waals surface area contributed by atoms with Crippen molar-refractivity contribution in [2.24, 2.45) is 4.99 Å². The van der Waals surface area contributed by atoms with Gasteiger partial charge in [-0.15, -0.1) is 0 Å². The van der Waals surface area contributed by atoms with E-state index < -0.39 is 0 Å². The molecule has 0 radical (unpaired) electrons. The molecule has 0 saturated carbocycles. The van der Waals surface area contributed by atoms with E-state index in [4.69, 9.17) is 9.72 Å². The van der Waals surface area contributed by atoms with Crippen LogP contribution in [-0.4, -0.2) is 75.3 Å². The number of benzene rings is 1. The van der Waals surface area contributed by atoms with Crippen molar-refractivity contribution in [2.45, 2.75) is 40.3 Å². The molecule has 9 heteroatoms. The fourth-order valence-electron chi connectivity index (χ4n) is 4.26. The van der Waals surface area contributed by atoms with Crippen molar-refractivity contribution in [1.29, 1.82) is 0 Å². The van der Waals surface area contributed by atoms with Crippen molar-refractivity contribution < 1.29 is 4.74 Å². The number of imidazole rings is 1. The second-order valence-electron chi connectivity index (χ2n) is 8.79. The van der Waals surface area contributed by atoms with Crippen molar-refractivity contribution in [1.82, 2.24) is 34.5 Å². The number of nitrogens with zero attached hydrogens (tertiary/aromatic N) is 7. The standard InChI is InChI=1S/C26H36N8O/c1-6-32(7-2)11-10-28-16-21(15-27-5)20-8-9-22-24(14-20)35-13-12-33-17-23(31-25(22)33)26-29-18-30-34(26)19(3)4/h8-9,14-19,28H,6-7,10-13H2,1-5H3/b21-16+,27-15-. The summed E-state index contributed by atoms with van der Waals surface area (Å²) in [5, 5.41) is 7.81. The summed E-state index contributed by atoms with van der Waals surface area (Å²) in [6.07, 6.45) is 7.54. The van der Waals surface area contributed by atoms with E-state index in [-0.39, 0.29) is 6.04 Å². The van der Waals surface area contributed by atoms with Crippen LogP contribution in [0.15, 0.2) is 41.9 Å². The number of fused-ring (bicyclic) bond motifs is 3. The van der Waals surface area contributed by atoms with Gasteiger partial charge in [0, 0.05) is 50.4 Å². The molecule has 0 amide bonds. The summed E-state index contributed by atoms with van der Waals surface area (Å²) in [7, 11) is 1.79. The lowest BCUT2D eigenvalue weighted by molar-refractivity contribution is 0.306. The van der Waals surface area contributed by atoms with Crippen LogP contribution in [0.25, 0.3) is 28.5 Å². The van der Waals surface area contributed by atoms with Gasteiger partial charge >= 0.3 is 0 Å². The van der Waals surface area contributed by atoms with Crippen LogP contribution in [0.1, 0.15) is 39.3 Å². The van der Waals surface area contributed by atoms with E-state index in [1.807, 2.05) is 23.3 Å². The molecule has 3 aromatic rings. The third-order valence-electron chi connectivity index (χ3n) is 6.21. The van der Waals surface area contributed by atoms with Gasteiger partial charge < -0.3 is 19.5 Å². The molecular weight excluding hydrogens is 440 g/mol. The summed E-state index contributed by atoms with van der Waals surface area (Å²) < 4.78 is 10.2. The largest absolute Gasteiger partial charge is 0.491 e. The van der Waals surface area contributed by atoms with Gasteiger partial charge in [-0.1, -0.05) is 19.9 Å². The van der Waals surface area contributed by atoms with E-state index in [2.05, 4.69) is 75.8 Å². The predicted molar refractivity (Wildman–Crippen MR) is 141 cm³/mol. The van der Waals surface area contributed by atoms with Gasteiger partial charge in [-0.2, -0.15) is 5.10 Å². The molecular formula is C26H36N8O. The average molecular weight is 477 g/mol. The summed E-state index contributed by atoms with van der Waals surface area (Å²) in [5.74, 6) is 2.48. The van der Waals surface area contributed by atoms with Crippen LogP contribution in [0.2, 0.25) is 0 Å². The van der Waals surface area contributed by atoms with Crippen LogP contribution in [0, 0.1) is 0 Å². The van der Waals surface area contributed by atoms with Gasteiger partial charge in [-0.05, 0) is 44.6 Å². The first-order valence-corrected chi connectivity index (χ1v) is 12.4. The maximum atomic E-state index is 6.14. The SMILES string of the molecule is CCN(CC)CCN/C=C(\C=N/C)c1ccc2c(c1)OCCn1cc(-c3ncnn3C(C)C)nc1-2. The Morgan fingerprint density at radius 1 is 1.26 bits per heavy atom. The molecule has 0 bridgehead atoms. The van der Waals surface area contributed by atoms with Gasteiger partial charge in [-0.25, -0.2) is 14.6 Å². The Morgan fingerprint density at radius 2 is 2.09 bits per heavy atom. The van der Waals surface area contributed by atoms with Gasteiger partial charge in [0.15, 0.2) is 5.82 Å². The van der Waals surface area contributed by atoms with Crippen molar-refractivity contribution in [3.63, 3.8) is 0 Å². The lowest BCUT2D eigenvalue weighted by atomic mass is 10.0. The minimum Gasteiger partial charge on any atom is -0.491 e. The molecule has 1 aromatic carbocycles. The molecule has 35 heavy (non-hydrogen) atoms. The molecule has 0 fully saturated rings. The quantitative estimate of drug-likeness (QED) is 0.354. The van der Waals surface area contributed by atoms with E-state index in [9.17, 15) is 0 Å². The number of hydrogen-bond donors (Lipinski definition) is 1. The zero-order valence-corrected chi connectivity index (χ0v) is 21.4. The van der Waals surface area contributed by atoms with Gasteiger partial charge in [0.05, 0.1) is 12.1 Å². The number of nitrogens with one attached hydrogen (secondary N) is 1. The number of ether oxygens (including phenoxy) is 1. The first-order chi connectivity index (χ1) is 17.0. The summed E-state index contributed by atoms with van der Waals surface area (Å²) in [5.41, 5.74) is 3.84. The molecule has 186 valence electrons. The molecule has 1 N–H and O–H groups in total. The third-order valence-corrected chi connectivity index (χ3v) is 6.21. The number of allylic oxidation sites excluding steroid dienone is 1. The minimum absolute atomic E-state index is 0.207. The molecule has 0 aliphatic carbocycles. The van der Waals surface area contributed by atoms with Crippen molar-refractivity contribution in [3.8, 4) is 28.7 Å². The number of hydrogen-bond acceptors (Lipinski definition) is 7. The Hall–Kier alpha value is -3.46. The Labute approximate surface area is 207 Å². The Morgan fingerprint density at radius 3 is 2.83 bits per heavy atom. The van der Waals surface area contributed by atoms with Crippen LogP contribution >= 0.6 is 0 Å². The smallest absolute Gasteiger partial charge is 0.178 e. The van der Waals surface area contributed by atoms with Crippen molar-refractivity contribution >= 4 is 11.8 Å². The highest BCUT2D eigenvalue weighted by Crippen LogP contribution is 2.35. The van der Waals surface area contributed by atoms with E-state index >= 15 is 0 Å². The van der Waals surface area contributed by atoms with Gasteiger partial charge in [0.2, 0.25) is 0 Å². The van der Waals surface area contributed by atoms with Gasteiger partial charge in [0.1, 0.15) is 30.2 Å². The summed E-state index contributed by atoms with van der Waals surface area (Å²) >= 11 is 0. The predicted octanol–water partition coefficient (Wildman–Crippen LogP) is 3.75. The minimum atomic E-state index is 0.207. The van der Waals surface area contributed by atoms with E-state index in [0.29, 0.717) is 13.2 Å². The average Bonchev–Trinajstić information content (AvgIpc) is 3.48. The molecule has 3 heterocycles. The highest BCUT2D eigenvalue weighted by Gasteiger charge is 2.22. The number of rotatable bonds is 10. The number of aliphatic imine (C=N–C) groups is 1. The van der Waals surface area contributed by atoms with Crippen LogP contribution < -0.4 is 10.1 Å². The lowest BCUT2D eigenvalue weighted by Crippen LogP contribution is -2.30. The monoisotopic (exact) mass is 476 g/mol. The zero-order chi connectivity index (χ0) is 24.8.